The molecule has 1 amide bonds. The molecule has 3 N–H and O–H groups in total. The van der Waals surface area contributed by atoms with E-state index in [-0.39, 0.29) is 17.3 Å². The van der Waals surface area contributed by atoms with E-state index < -0.39 is 18.8 Å². The zero-order valence-electron chi connectivity index (χ0n) is 20.3. The quantitative estimate of drug-likeness (QED) is 0.297. The minimum absolute atomic E-state index is 0.224. The minimum Gasteiger partial charge on any atom is -0.455 e. The molecule has 0 bridgehead atoms. The maximum Gasteiger partial charge on any atom is 0.491 e. The standard InChI is InChI=1S/C28H22BF2N3O4/c1-32-28(35)25-20-13-19(15-2-3-15)23(14-24(20)38-26(25)16-4-7-18(30)8-5-16)34-11-10-33-27(34)17-6-9-21(29(36)37)22(31)12-17/h4-15,36-37H,2-3H2,1H3,(H,32,35). The van der Waals surface area contributed by atoms with E-state index >= 15 is 0 Å². The molecule has 1 aliphatic rings. The van der Waals surface area contributed by atoms with Crippen LogP contribution in [0.15, 0.2) is 71.4 Å². The van der Waals surface area contributed by atoms with Crippen molar-refractivity contribution in [2.24, 2.45) is 0 Å². The van der Waals surface area contributed by atoms with E-state index in [1.807, 2.05) is 16.7 Å². The van der Waals surface area contributed by atoms with E-state index in [2.05, 4.69) is 10.3 Å². The van der Waals surface area contributed by atoms with E-state index in [4.69, 9.17) is 4.42 Å². The minimum atomic E-state index is -1.92. The molecule has 1 saturated carbocycles. The summed E-state index contributed by atoms with van der Waals surface area (Å²) in [5.41, 5.74) is 3.41. The molecule has 10 heteroatoms. The summed E-state index contributed by atoms with van der Waals surface area (Å²) in [7, 11) is -0.375. The van der Waals surface area contributed by atoms with E-state index in [1.165, 1.54) is 24.3 Å². The van der Waals surface area contributed by atoms with Crippen LogP contribution in [-0.2, 0) is 0 Å². The molecule has 0 unspecified atom stereocenters. The highest BCUT2D eigenvalue weighted by Crippen LogP contribution is 2.46. The molecule has 0 aliphatic heterocycles. The second-order valence-corrected chi connectivity index (χ2v) is 9.30. The number of benzene rings is 3. The van der Waals surface area contributed by atoms with Crippen molar-refractivity contribution in [2.75, 3.05) is 7.05 Å². The summed E-state index contributed by atoms with van der Waals surface area (Å²) in [6.07, 6.45) is 5.33. The molecule has 1 fully saturated rings. The molecule has 190 valence electrons. The molecule has 5 aromatic rings. The molecule has 3 aromatic carbocycles. The lowest BCUT2D eigenvalue weighted by Crippen LogP contribution is -2.32. The highest BCUT2D eigenvalue weighted by atomic mass is 19.1. The van der Waals surface area contributed by atoms with Gasteiger partial charge in [0.25, 0.3) is 5.91 Å². The Morgan fingerprint density at radius 2 is 1.82 bits per heavy atom. The fourth-order valence-electron chi connectivity index (χ4n) is 4.82. The average Bonchev–Trinajstić information content (AvgIpc) is 3.51. The van der Waals surface area contributed by atoms with Crippen LogP contribution in [0.5, 0.6) is 0 Å². The fourth-order valence-corrected chi connectivity index (χ4v) is 4.82. The SMILES string of the molecule is CNC(=O)c1c(-c2ccc(F)cc2)oc2cc(-n3ccnc3-c3ccc(B(O)O)c(F)c3)c(C3CC3)cc12. The van der Waals surface area contributed by atoms with Crippen LogP contribution in [-0.4, -0.2) is 39.7 Å². The molecular weight excluding hydrogens is 491 g/mol. The Bertz CT molecular complexity index is 1690. The molecule has 2 heterocycles. The predicted molar refractivity (Wildman–Crippen MR) is 139 cm³/mol. The van der Waals surface area contributed by atoms with E-state index in [1.54, 1.807) is 37.6 Å². The first-order valence-corrected chi connectivity index (χ1v) is 12.1. The Morgan fingerprint density at radius 1 is 1.08 bits per heavy atom. The van der Waals surface area contributed by atoms with Crippen molar-refractivity contribution in [1.29, 1.82) is 0 Å². The largest absolute Gasteiger partial charge is 0.491 e. The smallest absolute Gasteiger partial charge is 0.455 e. The maximum atomic E-state index is 14.6. The maximum absolute atomic E-state index is 14.6. The lowest BCUT2D eigenvalue weighted by atomic mass is 9.79. The summed E-state index contributed by atoms with van der Waals surface area (Å²) < 4.78 is 36.2. The van der Waals surface area contributed by atoms with Crippen molar-refractivity contribution in [3.63, 3.8) is 0 Å². The summed E-state index contributed by atoms with van der Waals surface area (Å²) in [6, 6.07) is 13.7. The van der Waals surface area contributed by atoms with E-state index in [0.717, 1.165) is 24.1 Å². The van der Waals surface area contributed by atoms with Crippen LogP contribution in [0.1, 0.15) is 34.7 Å². The Kier molecular flexibility index (Phi) is 5.85. The van der Waals surface area contributed by atoms with Gasteiger partial charge in [0, 0.05) is 47.5 Å². The van der Waals surface area contributed by atoms with E-state index in [0.29, 0.717) is 39.2 Å². The number of carbonyl (C=O) groups is 1. The van der Waals surface area contributed by atoms with Gasteiger partial charge in [-0.1, -0.05) is 12.1 Å². The summed E-state index contributed by atoms with van der Waals surface area (Å²) >= 11 is 0. The molecule has 0 spiro atoms. The van der Waals surface area contributed by atoms with Crippen molar-refractivity contribution < 1.29 is 28.0 Å². The summed E-state index contributed by atoms with van der Waals surface area (Å²) in [4.78, 5) is 17.4. The highest BCUT2D eigenvalue weighted by molar-refractivity contribution is 6.58. The van der Waals surface area contributed by atoms with Crippen molar-refractivity contribution in [1.82, 2.24) is 14.9 Å². The Hall–Kier alpha value is -4.28. The highest BCUT2D eigenvalue weighted by Gasteiger charge is 2.31. The third kappa shape index (κ3) is 4.08. The number of hydrogen-bond acceptors (Lipinski definition) is 5. The zero-order valence-corrected chi connectivity index (χ0v) is 20.3. The van der Waals surface area contributed by atoms with Gasteiger partial charge in [0.1, 0.15) is 28.8 Å². The first-order valence-electron chi connectivity index (χ1n) is 12.1. The van der Waals surface area contributed by atoms with Gasteiger partial charge in [0.05, 0.1) is 11.3 Å². The Morgan fingerprint density at radius 3 is 2.47 bits per heavy atom. The number of carbonyl (C=O) groups excluding carboxylic acids is 1. The molecule has 7 nitrogen and oxygen atoms in total. The number of amides is 1. The molecule has 0 radical (unpaired) electrons. The van der Waals surface area contributed by atoms with Gasteiger partial charge in [-0.3, -0.25) is 9.36 Å². The first kappa shape index (κ1) is 24.1. The van der Waals surface area contributed by atoms with E-state index in [9.17, 15) is 23.6 Å². The van der Waals surface area contributed by atoms with Crippen LogP contribution < -0.4 is 10.8 Å². The molecule has 0 saturated heterocycles. The number of imidazole rings is 1. The first-order chi connectivity index (χ1) is 18.4. The molecule has 0 atom stereocenters. The third-order valence-corrected chi connectivity index (χ3v) is 6.85. The normalized spacial score (nSPS) is 13.2. The topological polar surface area (TPSA) is 101 Å². The number of nitrogens with one attached hydrogen (secondary N) is 1. The number of halogens is 2. The van der Waals surface area contributed by atoms with Crippen molar-refractivity contribution in [3.8, 4) is 28.4 Å². The van der Waals surface area contributed by atoms with Gasteiger partial charge >= 0.3 is 7.12 Å². The molecule has 6 rings (SSSR count). The predicted octanol–water partition coefficient (Wildman–Crippen LogP) is 4.15. The summed E-state index contributed by atoms with van der Waals surface area (Å²) in [5, 5.41) is 22.1. The number of aromatic nitrogens is 2. The van der Waals surface area contributed by atoms with Gasteiger partial charge in [-0.05, 0) is 60.7 Å². The van der Waals surface area contributed by atoms with Crippen LogP contribution >= 0.6 is 0 Å². The third-order valence-electron chi connectivity index (χ3n) is 6.85. The summed E-state index contributed by atoms with van der Waals surface area (Å²) in [6.45, 7) is 0. The molecule has 2 aromatic heterocycles. The van der Waals surface area contributed by atoms with Crippen molar-refractivity contribution in [3.05, 3.63) is 89.8 Å². The van der Waals surface area contributed by atoms with Gasteiger partial charge in [-0.15, -0.1) is 0 Å². The van der Waals surface area contributed by atoms with Gasteiger partial charge in [-0.2, -0.15) is 0 Å². The second kappa shape index (κ2) is 9.23. The number of rotatable bonds is 6. The lowest BCUT2D eigenvalue weighted by Gasteiger charge is -2.14. The summed E-state index contributed by atoms with van der Waals surface area (Å²) in [5.74, 6) is -0.395. The molecule has 38 heavy (non-hydrogen) atoms. The Balaban J connectivity index is 1.55. The number of furan rings is 1. The van der Waals surface area contributed by atoms with Crippen LogP contribution in [0.2, 0.25) is 0 Å². The van der Waals surface area contributed by atoms with Gasteiger partial charge < -0.3 is 19.8 Å². The van der Waals surface area contributed by atoms with Crippen molar-refractivity contribution >= 4 is 29.5 Å². The van der Waals surface area contributed by atoms with Crippen LogP contribution in [0.25, 0.3) is 39.4 Å². The van der Waals surface area contributed by atoms with Gasteiger partial charge in [0.2, 0.25) is 0 Å². The number of hydrogen-bond donors (Lipinski definition) is 3. The second-order valence-electron chi connectivity index (χ2n) is 9.30. The van der Waals surface area contributed by atoms with Gasteiger partial charge in [-0.25, -0.2) is 13.8 Å². The van der Waals surface area contributed by atoms with Crippen LogP contribution in [0, 0.1) is 11.6 Å². The van der Waals surface area contributed by atoms with Gasteiger partial charge in [0.15, 0.2) is 0 Å². The molecular formula is C28H22BF2N3O4. The lowest BCUT2D eigenvalue weighted by molar-refractivity contribution is 0.0964. The monoisotopic (exact) mass is 513 g/mol. The fraction of sp³-hybridized carbons (Fsp3) is 0.143. The number of fused-ring (bicyclic) bond motifs is 1. The zero-order chi connectivity index (χ0) is 26.6. The average molecular weight is 513 g/mol. The van der Waals surface area contributed by atoms with Crippen molar-refractivity contribution in [2.45, 2.75) is 18.8 Å². The Labute approximate surface area is 216 Å². The number of nitrogens with zero attached hydrogens (tertiary/aromatic N) is 2. The van der Waals surface area contributed by atoms with Crippen LogP contribution in [0.3, 0.4) is 0 Å². The molecule has 1 aliphatic carbocycles. The van der Waals surface area contributed by atoms with Crippen LogP contribution in [0.4, 0.5) is 8.78 Å².